The van der Waals surface area contributed by atoms with E-state index in [9.17, 15) is 22.0 Å². The fourth-order valence-corrected chi connectivity index (χ4v) is 3.45. The zero-order chi connectivity index (χ0) is 21.0. The molecule has 0 aliphatic rings. The summed E-state index contributed by atoms with van der Waals surface area (Å²) >= 11 is 0. The molecular formula is C20H15F2NO5S. The number of carbonyl (C=O) groups is 1. The van der Waals surface area contributed by atoms with Crippen LogP contribution in [0.2, 0.25) is 0 Å². The molecule has 0 saturated heterocycles. The summed E-state index contributed by atoms with van der Waals surface area (Å²) in [5.74, 6) is -2.19. The third kappa shape index (κ3) is 4.88. The van der Waals surface area contributed by atoms with E-state index in [1.807, 2.05) is 0 Å². The molecular weight excluding hydrogens is 404 g/mol. The SMILES string of the molecule is COc1ccccc1C(=O)Nc1ccc(OS(=O)(=O)c2cc(F)cc(F)c2)cc1. The molecule has 3 aromatic rings. The predicted molar refractivity (Wildman–Crippen MR) is 102 cm³/mol. The van der Waals surface area contributed by atoms with Gasteiger partial charge in [0.05, 0.1) is 12.7 Å². The summed E-state index contributed by atoms with van der Waals surface area (Å²) in [5.41, 5.74) is 0.702. The van der Waals surface area contributed by atoms with Gasteiger partial charge in [0.2, 0.25) is 0 Å². The third-order valence-electron chi connectivity index (χ3n) is 3.79. The molecule has 3 aromatic carbocycles. The average Bonchev–Trinajstić information content (AvgIpc) is 2.68. The van der Waals surface area contributed by atoms with E-state index in [0.29, 0.717) is 35.2 Å². The molecule has 0 aliphatic heterocycles. The second kappa shape index (κ2) is 8.27. The van der Waals surface area contributed by atoms with Gasteiger partial charge >= 0.3 is 10.1 Å². The van der Waals surface area contributed by atoms with Crippen LogP contribution in [0.4, 0.5) is 14.5 Å². The highest BCUT2D eigenvalue weighted by Gasteiger charge is 2.19. The Bertz CT molecular complexity index is 1130. The maximum atomic E-state index is 13.3. The van der Waals surface area contributed by atoms with Crippen molar-refractivity contribution in [2.24, 2.45) is 0 Å². The molecule has 0 aliphatic carbocycles. The number of ether oxygens (including phenoxy) is 1. The van der Waals surface area contributed by atoms with Crippen LogP contribution >= 0.6 is 0 Å². The van der Waals surface area contributed by atoms with Crippen molar-refractivity contribution in [1.82, 2.24) is 0 Å². The smallest absolute Gasteiger partial charge is 0.339 e. The van der Waals surface area contributed by atoms with E-state index in [2.05, 4.69) is 5.32 Å². The monoisotopic (exact) mass is 419 g/mol. The van der Waals surface area contributed by atoms with E-state index in [-0.39, 0.29) is 5.75 Å². The highest BCUT2D eigenvalue weighted by molar-refractivity contribution is 7.87. The lowest BCUT2D eigenvalue weighted by Gasteiger charge is -2.10. The van der Waals surface area contributed by atoms with E-state index in [0.717, 1.165) is 0 Å². The lowest BCUT2D eigenvalue weighted by molar-refractivity contribution is 0.102. The van der Waals surface area contributed by atoms with Crippen LogP contribution in [0.1, 0.15) is 10.4 Å². The first-order valence-corrected chi connectivity index (χ1v) is 9.64. The van der Waals surface area contributed by atoms with Gasteiger partial charge in [0.15, 0.2) is 0 Å². The molecule has 6 nitrogen and oxygen atoms in total. The van der Waals surface area contributed by atoms with Crippen LogP contribution in [0, 0.1) is 11.6 Å². The van der Waals surface area contributed by atoms with Crippen molar-refractivity contribution < 1.29 is 30.9 Å². The molecule has 0 spiro atoms. The Labute approximate surface area is 165 Å². The zero-order valence-electron chi connectivity index (χ0n) is 15.1. The molecule has 0 fully saturated rings. The van der Waals surface area contributed by atoms with Gasteiger partial charge in [-0.25, -0.2) is 8.78 Å². The van der Waals surface area contributed by atoms with Crippen molar-refractivity contribution in [3.8, 4) is 11.5 Å². The molecule has 0 atom stereocenters. The van der Waals surface area contributed by atoms with E-state index in [4.69, 9.17) is 8.92 Å². The van der Waals surface area contributed by atoms with Crippen LogP contribution < -0.4 is 14.2 Å². The molecule has 150 valence electrons. The third-order valence-corrected chi connectivity index (χ3v) is 5.02. The van der Waals surface area contributed by atoms with Crippen molar-refractivity contribution >= 4 is 21.7 Å². The van der Waals surface area contributed by atoms with Crippen molar-refractivity contribution in [3.05, 3.63) is 83.9 Å². The van der Waals surface area contributed by atoms with Crippen molar-refractivity contribution in [3.63, 3.8) is 0 Å². The summed E-state index contributed by atoms with van der Waals surface area (Å²) < 4.78 is 60.9. The second-order valence-corrected chi connectivity index (χ2v) is 7.37. The van der Waals surface area contributed by atoms with E-state index >= 15 is 0 Å². The van der Waals surface area contributed by atoms with Gasteiger partial charge in [-0.1, -0.05) is 12.1 Å². The Hall–Kier alpha value is -3.46. The highest BCUT2D eigenvalue weighted by atomic mass is 32.2. The predicted octanol–water partition coefficient (Wildman–Crippen LogP) is 3.99. The van der Waals surface area contributed by atoms with Crippen LogP contribution in [-0.2, 0) is 10.1 Å². The maximum absolute atomic E-state index is 13.3. The minimum absolute atomic E-state index is 0.0926. The molecule has 1 amide bonds. The van der Waals surface area contributed by atoms with Crippen LogP contribution in [0.25, 0.3) is 0 Å². The lowest BCUT2D eigenvalue weighted by Crippen LogP contribution is -2.13. The van der Waals surface area contributed by atoms with Gasteiger partial charge in [0.25, 0.3) is 5.91 Å². The van der Waals surface area contributed by atoms with E-state index in [1.165, 1.54) is 31.4 Å². The first-order chi connectivity index (χ1) is 13.8. The molecule has 0 bridgehead atoms. The summed E-state index contributed by atoms with van der Waals surface area (Å²) in [6.07, 6.45) is 0. The molecule has 0 unspecified atom stereocenters. The quantitative estimate of drug-likeness (QED) is 0.611. The number of hydrogen-bond donors (Lipinski definition) is 1. The normalized spacial score (nSPS) is 11.0. The number of rotatable bonds is 6. The van der Waals surface area contributed by atoms with Crippen LogP contribution in [0.3, 0.4) is 0 Å². The second-order valence-electron chi connectivity index (χ2n) is 5.82. The number of halogens is 2. The van der Waals surface area contributed by atoms with Crippen molar-refractivity contribution in [2.45, 2.75) is 4.90 Å². The maximum Gasteiger partial charge on any atom is 0.339 e. The minimum Gasteiger partial charge on any atom is -0.496 e. The first-order valence-electron chi connectivity index (χ1n) is 8.23. The van der Waals surface area contributed by atoms with Gasteiger partial charge in [0, 0.05) is 11.8 Å². The standard InChI is InChI=1S/C20H15F2NO5S/c1-27-19-5-3-2-4-18(19)20(24)23-15-6-8-16(9-7-15)28-29(25,26)17-11-13(21)10-14(22)12-17/h2-12H,1H3,(H,23,24). The van der Waals surface area contributed by atoms with Gasteiger partial charge in [-0.2, -0.15) is 8.42 Å². The molecule has 0 radical (unpaired) electrons. The van der Waals surface area contributed by atoms with E-state index in [1.54, 1.807) is 24.3 Å². The summed E-state index contributed by atoms with van der Waals surface area (Å²) in [7, 11) is -2.98. The Morgan fingerprint density at radius 3 is 2.17 bits per heavy atom. The summed E-state index contributed by atoms with van der Waals surface area (Å²) in [5, 5.41) is 2.65. The lowest BCUT2D eigenvalue weighted by atomic mass is 10.2. The largest absolute Gasteiger partial charge is 0.496 e. The van der Waals surface area contributed by atoms with Crippen LogP contribution in [-0.4, -0.2) is 21.4 Å². The van der Waals surface area contributed by atoms with Crippen molar-refractivity contribution in [2.75, 3.05) is 12.4 Å². The fraction of sp³-hybridized carbons (Fsp3) is 0.0500. The fourth-order valence-electron chi connectivity index (χ4n) is 2.47. The number of anilines is 1. The number of amides is 1. The highest BCUT2D eigenvalue weighted by Crippen LogP contribution is 2.23. The van der Waals surface area contributed by atoms with Crippen LogP contribution in [0.5, 0.6) is 11.5 Å². The molecule has 3 rings (SSSR count). The zero-order valence-corrected chi connectivity index (χ0v) is 15.9. The van der Waals surface area contributed by atoms with Crippen LogP contribution in [0.15, 0.2) is 71.6 Å². The summed E-state index contributed by atoms with van der Waals surface area (Å²) in [4.78, 5) is 11.7. The number of para-hydroxylation sites is 1. The number of methoxy groups -OCH3 is 1. The number of benzene rings is 3. The average molecular weight is 419 g/mol. The Morgan fingerprint density at radius 1 is 0.931 bits per heavy atom. The molecule has 0 aromatic heterocycles. The molecule has 0 saturated carbocycles. The van der Waals surface area contributed by atoms with Gasteiger partial charge in [-0.05, 0) is 48.5 Å². The van der Waals surface area contributed by atoms with Gasteiger partial charge in [-0.3, -0.25) is 4.79 Å². The summed E-state index contributed by atoms with van der Waals surface area (Å²) in [6.45, 7) is 0. The van der Waals surface area contributed by atoms with Crippen molar-refractivity contribution in [1.29, 1.82) is 0 Å². The first kappa shape index (κ1) is 20.3. The topological polar surface area (TPSA) is 81.7 Å². The van der Waals surface area contributed by atoms with Gasteiger partial charge in [-0.15, -0.1) is 0 Å². The Kier molecular flexibility index (Phi) is 5.79. The molecule has 9 heteroatoms. The van der Waals surface area contributed by atoms with E-state index < -0.39 is 32.6 Å². The Balaban J connectivity index is 1.74. The Morgan fingerprint density at radius 2 is 1.55 bits per heavy atom. The molecule has 1 N–H and O–H groups in total. The van der Waals surface area contributed by atoms with Gasteiger partial charge in [0.1, 0.15) is 28.0 Å². The number of carbonyl (C=O) groups excluding carboxylic acids is 1. The van der Waals surface area contributed by atoms with Gasteiger partial charge < -0.3 is 14.2 Å². The summed E-state index contributed by atoms with van der Waals surface area (Å²) in [6, 6.07) is 14.0. The molecule has 29 heavy (non-hydrogen) atoms. The number of hydrogen-bond acceptors (Lipinski definition) is 5. The number of nitrogens with one attached hydrogen (secondary N) is 1. The molecule has 0 heterocycles. The minimum atomic E-state index is -4.43.